The van der Waals surface area contributed by atoms with Gasteiger partial charge in [-0.15, -0.1) is 0 Å². The van der Waals surface area contributed by atoms with Crippen molar-refractivity contribution in [2.45, 2.75) is 19.8 Å². The van der Waals surface area contributed by atoms with Crippen molar-refractivity contribution in [3.8, 4) is 0 Å². The lowest BCUT2D eigenvalue weighted by atomic mass is 10.1. The Labute approximate surface area is 101 Å². The summed E-state index contributed by atoms with van der Waals surface area (Å²) in [7, 11) is 0. The first-order chi connectivity index (χ1) is 8.15. The Hall–Kier alpha value is -1.42. The predicted octanol–water partition coefficient (Wildman–Crippen LogP) is 2.07. The summed E-state index contributed by atoms with van der Waals surface area (Å²) in [6.07, 6.45) is 1.17. The van der Waals surface area contributed by atoms with Crippen LogP contribution in [0.5, 0.6) is 0 Å². The monoisotopic (exact) mass is 239 g/mol. The number of rotatable bonds is 7. The third-order valence-corrected chi connectivity index (χ3v) is 2.76. The van der Waals surface area contributed by atoms with Crippen LogP contribution in [0.25, 0.3) is 0 Å². The predicted molar refractivity (Wildman–Crippen MR) is 64.4 cm³/mol. The van der Waals surface area contributed by atoms with Crippen molar-refractivity contribution in [1.82, 2.24) is 5.32 Å². The van der Waals surface area contributed by atoms with Crippen molar-refractivity contribution in [2.75, 3.05) is 13.1 Å². The van der Waals surface area contributed by atoms with Crippen molar-refractivity contribution in [2.24, 2.45) is 5.92 Å². The van der Waals surface area contributed by atoms with E-state index in [0.29, 0.717) is 31.5 Å². The van der Waals surface area contributed by atoms with Crippen LogP contribution in [0.2, 0.25) is 0 Å². The van der Waals surface area contributed by atoms with Crippen LogP contribution in [0, 0.1) is 11.7 Å². The molecule has 0 aliphatic carbocycles. The fourth-order valence-electron chi connectivity index (χ4n) is 1.61. The minimum atomic E-state index is -0.786. The SMILES string of the molecule is CCC(CNCCc1ccccc1F)C(=O)O. The highest BCUT2D eigenvalue weighted by Gasteiger charge is 2.13. The maximum atomic E-state index is 13.2. The van der Waals surface area contributed by atoms with Crippen LogP contribution in [-0.4, -0.2) is 24.2 Å². The first-order valence-corrected chi connectivity index (χ1v) is 5.82. The molecule has 0 aliphatic rings. The summed E-state index contributed by atoms with van der Waals surface area (Å²) < 4.78 is 13.2. The standard InChI is InChI=1S/C13H18FNO2/c1-2-10(13(16)17)9-15-8-7-11-5-3-4-6-12(11)14/h3-6,10,15H,2,7-9H2,1H3,(H,16,17). The molecule has 94 valence electrons. The van der Waals surface area contributed by atoms with Gasteiger partial charge in [0.2, 0.25) is 0 Å². The smallest absolute Gasteiger partial charge is 0.307 e. The molecule has 0 saturated carbocycles. The molecule has 4 heteroatoms. The second-order valence-corrected chi connectivity index (χ2v) is 3.99. The van der Waals surface area contributed by atoms with Gasteiger partial charge in [0.05, 0.1) is 5.92 Å². The molecule has 1 unspecified atom stereocenters. The second kappa shape index (κ2) is 7.01. The molecule has 1 aromatic carbocycles. The van der Waals surface area contributed by atoms with Gasteiger partial charge in [0.1, 0.15) is 5.82 Å². The van der Waals surface area contributed by atoms with E-state index in [0.717, 1.165) is 0 Å². The van der Waals surface area contributed by atoms with Gasteiger partial charge in [-0.2, -0.15) is 0 Å². The Morgan fingerprint density at radius 3 is 2.76 bits per heavy atom. The summed E-state index contributed by atoms with van der Waals surface area (Å²) in [5, 5.41) is 11.9. The fraction of sp³-hybridized carbons (Fsp3) is 0.462. The van der Waals surface area contributed by atoms with E-state index < -0.39 is 5.97 Å². The zero-order valence-corrected chi connectivity index (χ0v) is 9.95. The molecule has 1 rings (SSSR count). The average Bonchev–Trinajstić information content (AvgIpc) is 2.31. The Morgan fingerprint density at radius 1 is 1.47 bits per heavy atom. The van der Waals surface area contributed by atoms with E-state index >= 15 is 0 Å². The van der Waals surface area contributed by atoms with E-state index in [4.69, 9.17) is 5.11 Å². The van der Waals surface area contributed by atoms with E-state index in [1.54, 1.807) is 18.2 Å². The lowest BCUT2D eigenvalue weighted by molar-refractivity contribution is -0.141. The maximum absolute atomic E-state index is 13.2. The van der Waals surface area contributed by atoms with Crippen LogP contribution in [0.1, 0.15) is 18.9 Å². The highest BCUT2D eigenvalue weighted by Crippen LogP contribution is 2.06. The Morgan fingerprint density at radius 2 is 2.18 bits per heavy atom. The number of benzene rings is 1. The largest absolute Gasteiger partial charge is 0.481 e. The molecule has 2 N–H and O–H groups in total. The second-order valence-electron chi connectivity index (χ2n) is 3.99. The zero-order valence-electron chi connectivity index (χ0n) is 9.95. The zero-order chi connectivity index (χ0) is 12.7. The van der Waals surface area contributed by atoms with Crippen LogP contribution in [-0.2, 0) is 11.2 Å². The number of carbonyl (C=O) groups is 1. The van der Waals surface area contributed by atoms with Gasteiger partial charge in [-0.1, -0.05) is 25.1 Å². The van der Waals surface area contributed by atoms with Crippen molar-refractivity contribution in [3.63, 3.8) is 0 Å². The van der Waals surface area contributed by atoms with Gasteiger partial charge in [0.15, 0.2) is 0 Å². The molecular formula is C13H18FNO2. The molecule has 3 nitrogen and oxygen atoms in total. The van der Waals surface area contributed by atoms with E-state index in [9.17, 15) is 9.18 Å². The molecule has 0 bridgehead atoms. The minimum absolute atomic E-state index is 0.209. The van der Waals surface area contributed by atoms with Crippen LogP contribution in [0.3, 0.4) is 0 Å². The van der Waals surface area contributed by atoms with Gasteiger partial charge in [0, 0.05) is 6.54 Å². The first-order valence-electron chi connectivity index (χ1n) is 5.82. The molecular weight excluding hydrogens is 221 g/mol. The third-order valence-electron chi connectivity index (χ3n) is 2.76. The van der Waals surface area contributed by atoms with E-state index in [1.165, 1.54) is 6.07 Å². The number of carboxylic acid groups (broad SMARTS) is 1. The summed E-state index contributed by atoms with van der Waals surface area (Å²) in [5.41, 5.74) is 0.656. The quantitative estimate of drug-likeness (QED) is 0.716. The van der Waals surface area contributed by atoms with Crippen LogP contribution in [0.15, 0.2) is 24.3 Å². The lowest BCUT2D eigenvalue weighted by Gasteiger charge is -2.11. The molecule has 0 radical (unpaired) electrons. The molecule has 0 heterocycles. The van der Waals surface area contributed by atoms with E-state index in [1.807, 2.05) is 6.92 Å². The third kappa shape index (κ3) is 4.53. The normalized spacial score (nSPS) is 12.4. The van der Waals surface area contributed by atoms with Crippen LogP contribution in [0.4, 0.5) is 4.39 Å². The van der Waals surface area contributed by atoms with Gasteiger partial charge in [0.25, 0.3) is 0 Å². The lowest BCUT2D eigenvalue weighted by Crippen LogP contribution is -2.29. The average molecular weight is 239 g/mol. The number of nitrogens with one attached hydrogen (secondary N) is 1. The minimum Gasteiger partial charge on any atom is -0.481 e. The van der Waals surface area contributed by atoms with E-state index in [2.05, 4.69) is 5.32 Å². The fourth-order valence-corrected chi connectivity index (χ4v) is 1.61. The molecule has 0 amide bonds. The van der Waals surface area contributed by atoms with Crippen molar-refractivity contribution >= 4 is 5.97 Å². The summed E-state index contributed by atoms with van der Waals surface area (Å²) in [6.45, 7) is 2.86. The van der Waals surface area contributed by atoms with Gasteiger partial charge in [-0.25, -0.2) is 4.39 Å². The number of carboxylic acids is 1. The highest BCUT2D eigenvalue weighted by molar-refractivity contribution is 5.70. The van der Waals surface area contributed by atoms with Crippen LogP contribution < -0.4 is 5.32 Å². The topological polar surface area (TPSA) is 49.3 Å². The maximum Gasteiger partial charge on any atom is 0.307 e. The van der Waals surface area contributed by atoms with Crippen molar-refractivity contribution in [1.29, 1.82) is 0 Å². The summed E-state index contributed by atoms with van der Waals surface area (Å²) in [6, 6.07) is 6.63. The number of hydrogen-bond donors (Lipinski definition) is 2. The molecule has 0 saturated heterocycles. The number of halogens is 1. The molecule has 1 aromatic rings. The number of aliphatic carboxylic acids is 1. The van der Waals surface area contributed by atoms with Crippen LogP contribution >= 0.6 is 0 Å². The van der Waals surface area contributed by atoms with Gasteiger partial charge >= 0.3 is 5.97 Å². The van der Waals surface area contributed by atoms with Gasteiger partial charge in [-0.05, 0) is 31.0 Å². The molecule has 0 spiro atoms. The summed E-state index contributed by atoms with van der Waals surface area (Å²) in [5.74, 6) is -1.36. The van der Waals surface area contributed by atoms with Crippen molar-refractivity contribution in [3.05, 3.63) is 35.6 Å². The molecule has 0 aromatic heterocycles. The van der Waals surface area contributed by atoms with Gasteiger partial charge < -0.3 is 10.4 Å². The summed E-state index contributed by atoms with van der Waals surface area (Å²) >= 11 is 0. The summed E-state index contributed by atoms with van der Waals surface area (Å²) in [4.78, 5) is 10.7. The Bertz CT molecular complexity index is 368. The Balaban J connectivity index is 2.29. The molecule has 0 fully saturated rings. The molecule has 0 aliphatic heterocycles. The Kier molecular flexibility index (Phi) is 5.63. The van der Waals surface area contributed by atoms with Crippen molar-refractivity contribution < 1.29 is 14.3 Å². The number of hydrogen-bond acceptors (Lipinski definition) is 2. The molecule has 17 heavy (non-hydrogen) atoms. The highest BCUT2D eigenvalue weighted by atomic mass is 19.1. The van der Waals surface area contributed by atoms with Gasteiger partial charge in [-0.3, -0.25) is 4.79 Å². The van der Waals surface area contributed by atoms with E-state index in [-0.39, 0.29) is 11.7 Å². The first kappa shape index (κ1) is 13.6. The molecule has 1 atom stereocenters.